The summed E-state index contributed by atoms with van der Waals surface area (Å²) in [5.74, 6) is 0. The summed E-state index contributed by atoms with van der Waals surface area (Å²) in [6.07, 6.45) is 0.502. The lowest BCUT2D eigenvalue weighted by molar-refractivity contribution is -0.128. The van der Waals surface area contributed by atoms with Crippen LogP contribution < -0.4 is 0 Å². The van der Waals surface area contributed by atoms with Gasteiger partial charge in [-0.2, -0.15) is 0 Å². The number of alkyl halides is 1. The number of hydrogen-bond donors (Lipinski definition) is 0. The molecule has 3 atom stereocenters. The van der Waals surface area contributed by atoms with Gasteiger partial charge >= 0.3 is 0 Å². The number of methoxy groups -OCH3 is 1. The van der Waals surface area contributed by atoms with E-state index in [2.05, 4.69) is 0 Å². The van der Waals surface area contributed by atoms with E-state index in [1.165, 1.54) is 0 Å². The highest BCUT2D eigenvalue weighted by atomic mass is 35.5. The van der Waals surface area contributed by atoms with Crippen molar-refractivity contribution in [1.29, 1.82) is 0 Å². The molecule has 3 unspecified atom stereocenters. The molecule has 2 rings (SSSR count). The molecule has 0 bridgehead atoms. The first kappa shape index (κ1) is 12.8. The fourth-order valence-electron chi connectivity index (χ4n) is 1.89. The zero-order valence-electron chi connectivity index (χ0n) is 9.84. The molecule has 0 aromatic heterocycles. The molecular formula is C13H17ClO3. The number of halogens is 1. The van der Waals surface area contributed by atoms with Crippen LogP contribution in [-0.4, -0.2) is 31.5 Å². The molecular weight excluding hydrogens is 240 g/mol. The summed E-state index contributed by atoms with van der Waals surface area (Å²) in [5.41, 5.74) is 1.16. The Morgan fingerprint density at radius 2 is 2.12 bits per heavy atom. The Bertz CT molecular complexity index is 331. The number of hydrogen-bond acceptors (Lipinski definition) is 3. The fourth-order valence-corrected chi connectivity index (χ4v) is 2.25. The molecule has 0 aliphatic carbocycles. The van der Waals surface area contributed by atoms with Gasteiger partial charge in [-0.1, -0.05) is 30.3 Å². The molecule has 0 saturated carbocycles. The van der Waals surface area contributed by atoms with Crippen LogP contribution in [-0.2, 0) is 20.8 Å². The summed E-state index contributed by atoms with van der Waals surface area (Å²) in [5, 5.41) is -0.0784. The molecule has 3 nitrogen and oxygen atoms in total. The predicted molar refractivity (Wildman–Crippen MR) is 66.0 cm³/mol. The summed E-state index contributed by atoms with van der Waals surface area (Å²) in [7, 11) is 1.60. The lowest BCUT2D eigenvalue weighted by Crippen LogP contribution is -2.19. The minimum atomic E-state index is -0.304. The van der Waals surface area contributed by atoms with Crippen LogP contribution in [0.25, 0.3) is 0 Å². The van der Waals surface area contributed by atoms with Gasteiger partial charge in [-0.05, 0) is 12.0 Å². The Hall–Kier alpha value is -0.610. The molecule has 1 aromatic carbocycles. The van der Waals surface area contributed by atoms with Crippen LogP contribution in [0.1, 0.15) is 12.0 Å². The van der Waals surface area contributed by atoms with E-state index in [1.807, 2.05) is 30.3 Å². The van der Waals surface area contributed by atoms with Gasteiger partial charge in [0.05, 0.1) is 24.7 Å². The highest BCUT2D eigenvalue weighted by molar-refractivity contribution is 6.21. The maximum absolute atomic E-state index is 6.06. The summed E-state index contributed by atoms with van der Waals surface area (Å²) >= 11 is 6.06. The molecule has 0 radical (unpaired) electrons. The van der Waals surface area contributed by atoms with Crippen LogP contribution in [0.2, 0.25) is 0 Å². The molecule has 1 fully saturated rings. The van der Waals surface area contributed by atoms with Gasteiger partial charge in [0.25, 0.3) is 0 Å². The van der Waals surface area contributed by atoms with E-state index in [0.29, 0.717) is 13.2 Å². The minimum Gasteiger partial charge on any atom is -0.374 e. The van der Waals surface area contributed by atoms with Gasteiger partial charge in [0, 0.05) is 7.11 Å². The van der Waals surface area contributed by atoms with Crippen LogP contribution in [0.15, 0.2) is 30.3 Å². The van der Waals surface area contributed by atoms with Crippen LogP contribution in [0.3, 0.4) is 0 Å². The molecule has 0 N–H and O–H groups in total. The summed E-state index contributed by atoms with van der Waals surface area (Å²) in [6.45, 7) is 1.16. The first-order valence-corrected chi connectivity index (χ1v) is 6.17. The average Bonchev–Trinajstić information content (AvgIpc) is 2.71. The average molecular weight is 257 g/mol. The lowest BCUT2D eigenvalue weighted by Gasteiger charge is -2.13. The Morgan fingerprint density at radius 3 is 2.76 bits per heavy atom. The second-order valence-electron chi connectivity index (χ2n) is 4.11. The van der Waals surface area contributed by atoms with Crippen molar-refractivity contribution in [3.8, 4) is 0 Å². The quantitative estimate of drug-likeness (QED) is 0.758. The molecule has 0 spiro atoms. The van der Waals surface area contributed by atoms with Crippen molar-refractivity contribution >= 4 is 11.6 Å². The Morgan fingerprint density at radius 1 is 1.35 bits per heavy atom. The van der Waals surface area contributed by atoms with Gasteiger partial charge in [-0.25, -0.2) is 0 Å². The summed E-state index contributed by atoms with van der Waals surface area (Å²) < 4.78 is 16.3. The second kappa shape index (κ2) is 6.36. The fraction of sp³-hybridized carbons (Fsp3) is 0.538. The molecule has 1 aromatic rings. The SMILES string of the molecule is COC1OC(COCc2ccccc2)CC1Cl. The van der Waals surface area contributed by atoms with Crippen molar-refractivity contribution in [3.63, 3.8) is 0 Å². The number of ether oxygens (including phenoxy) is 3. The van der Waals surface area contributed by atoms with Gasteiger partial charge in [0.2, 0.25) is 0 Å². The molecule has 17 heavy (non-hydrogen) atoms. The number of benzene rings is 1. The molecule has 94 valence electrons. The Balaban J connectivity index is 1.70. The van der Waals surface area contributed by atoms with Crippen LogP contribution >= 0.6 is 11.6 Å². The standard InChI is InChI=1S/C13H17ClO3/c1-15-13-12(14)7-11(17-13)9-16-8-10-5-3-2-4-6-10/h2-6,11-13H,7-9H2,1H3. The van der Waals surface area contributed by atoms with E-state index < -0.39 is 0 Å². The van der Waals surface area contributed by atoms with E-state index in [0.717, 1.165) is 12.0 Å². The highest BCUT2D eigenvalue weighted by Gasteiger charge is 2.33. The van der Waals surface area contributed by atoms with Crippen molar-refractivity contribution in [2.24, 2.45) is 0 Å². The zero-order chi connectivity index (χ0) is 12.1. The monoisotopic (exact) mass is 256 g/mol. The van der Waals surface area contributed by atoms with Gasteiger partial charge in [0.15, 0.2) is 6.29 Å². The van der Waals surface area contributed by atoms with Crippen LogP contribution in [0.4, 0.5) is 0 Å². The van der Waals surface area contributed by atoms with Crippen molar-refractivity contribution in [2.75, 3.05) is 13.7 Å². The van der Waals surface area contributed by atoms with Crippen molar-refractivity contribution in [2.45, 2.75) is 30.8 Å². The van der Waals surface area contributed by atoms with Crippen LogP contribution in [0, 0.1) is 0 Å². The molecule has 0 amide bonds. The van der Waals surface area contributed by atoms with Gasteiger partial charge < -0.3 is 14.2 Å². The van der Waals surface area contributed by atoms with Gasteiger partial charge in [-0.3, -0.25) is 0 Å². The molecule has 1 heterocycles. The van der Waals surface area contributed by atoms with Crippen molar-refractivity contribution in [3.05, 3.63) is 35.9 Å². The zero-order valence-corrected chi connectivity index (χ0v) is 10.6. The topological polar surface area (TPSA) is 27.7 Å². The molecule has 1 saturated heterocycles. The van der Waals surface area contributed by atoms with E-state index >= 15 is 0 Å². The summed E-state index contributed by atoms with van der Waals surface area (Å²) in [6, 6.07) is 10.1. The molecule has 1 aliphatic heterocycles. The van der Waals surface area contributed by atoms with Gasteiger partial charge in [0.1, 0.15) is 0 Å². The molecule has 4 heteroatoms. The maximum atomic E-state index is 6.06. The Labute approximate surface area is 107 Å². The normalized spacial score (nSPS) is 28.5. The molecule has 1 aliphatic rings. The minimum absolute atomic E-state index is 0.0335. The van der Waals surface area contributed by atoms with E-state index in [4.69, 9.17) is 25.8 Å². The highest BCUT2D eigenvalue weighted by Crippen LogP contribution is 2.25. The smallest absolute Gasteiger partial charge is 0.173 e. The lowest BCUT2D eigenvalue weighted by atomic mass is 10.2. The third-order valence-corrected chi connectivity index (χ3v) is 3.14. The van der Waals surface area contributed by atoms with E-state index in [-0.39, 0.29) is 17.8 Å². The Kier molecular flexibility index (Phi) is 4.80. The van der Waals surface area contributed by atoms with Crippen LogP contribution in [0.5, 0.6) is 0 Å². The largest absolute Gasteiger partial charge is 0.374 e. The first-order chi connectivity index (χ1) is 8.29. The third-order valence-electron chi connectivity index (χ3n) is 2.76. The third kappa shape index (κ3) is 3.68. The summed E-state index contributed by atoms with van der Waals surface area (Å²) in [4.78, 5) is 0. The van der Waals surface area contributed by atoms with Gasteiger partial charge in [-0.15, -0.1) is 11.6 Å². The van der Waals surface area contributed by atoms with Crippen molar-refractivity contribution < 1.29 is 14.2 Å². The van der Waals surface area contributed by atoms with E-state index in [1.54, 1.807) is 7.11 Å². The maximum Gasteiger partial charge on any atom is 0.173 e. The number of rotatable bonds is 5. The first-order valence-electron chi connectivity index (χ1n) is 5.73. The predicted octanol–water partition coefficient (Wildman–Crippen LogP) is 2.57. The van der Waals surface area contributed by atoms with Crippen molar-refractivity contribution in [1.82, 2.24) is 0 Å². The van der Waals surface area contributed by atoms with E-state index in [9.17, 15) is 0 Å². The second-order valence-corrected chi connectivity index (χ2v) is 4.68.